The normalized spacial score (nSPS) is 13.4. The molecule has 5 rings (SSSR count). The van der Waals surface area contributed by atoms with Crippen LogP contribution in [-0.4, -0.2) is 44.0 Å². The number of amides is 1. The minimum Gasteiger partial charge on any atom is -0.481 e. The molecule has 2 aromatic heterocycles. The molecule has 228 valence electrons. The number of carbonyl (C=O) groups excluding carboxylic acids is 1. The Morgan fingerprint density at radius 3 is 2.44 bits per heavy atom. The van der Waals surface area contributed by atoms with E-state index in [0.717, 1.165) is 26.0 Å². The molecule has 0 aliphatic carbocycles. The first-order valence-corrected chi connectivity index (χ1v) is 15.3. The number of aliphatic carboxylic acids is 2. The molecule has 0 radical (unpaired) electrons. The van der Waals surface area contributed by atoms with E-state index in [1.807, 2.05) is 79.7 Å². The highest BCUT2D eigenvalue weighted by Crippen LogP contribution is 2.33. The number of oxazole rings is 1. The summed E-state index contributed by atoms with van der Waals surface area (Å²) in [5, 5.41) is 29.4. The van der Waals surface area contributed by atoms with Crippen molar-refractivity contribution >= 4 is 56.4 Å². The minimum atomic E-state index is -1.36. The Morgan fingerprint density at radius 1 is 1.02 bits per heavy atom. The van der Waals surface area contributed by atoms with Gasteiger partial charge in [-0.1, -0.05) is 48.5 Å². The number of fused-ring (bicyclic) bond motifs is 2. The maximum Gasteiger partial charge on any atom is 0.307 e. The number of nitrogens with zero attached hydrogens (tertiary/aromatic N) is 3. The van der Waals surface area contributed by atoms with Gasteiger partial charge >= 0.3 is 11.9 Å². The molecular formula is C35H31N3O6S. The first kappa shape index (κ1) is 31.2. The van der Waals surface area contributed by atoms with E-state index in [1.54, 1.807) is 34.4 Å². The number of hydrogen-bond donors (Lipinski definition) is 2. The van der Waals surface area contributed by atoms with E-state index < -0.39 is 42.6 Å². The number of rotatable bonds is 13. The topological polar surface area (TPSA) is 145 Å². The van der Waals surface area contributed by atoms with Gasteiger partial charge in [0, 0.05) is 28.0 Å². The van der Waals surface area contributed by atoms with Crippen LogP contribution >= 0.6 is 11.3 Å². The van der Waals surface area contributed by atoms with E-state index in [0.29, 0.717) is 23.5 Å². The van der Waals surface area contributed by atoms with E-state index in [9.17, 15) is 29.9 Å². The van der Waals surface area contributed by atoms with Crippen molar-refractivity contribution in [3.05, 3.63) is 107 Å². The van der Waals surface area contributed by atoms with Gasteiger partial charge in [0.2, 0.25) is 11.8 Å². The highest BCUT2D eigenvalue weighted by atomic mass is 32.1. The molecule has 9 nitrogen and oxygen atoms in total. The highest BCUT2D eigenvalue weighted by Gasteiger charge is 2.32. The summed E-state index contributed by atoms with van der Waals surface area (Å²) in [6, 6.07) is 26.2. The van der Waals surface area contributed by atoms with Crippen LogP contribution in [0.5, 0.6) is 0 Å². The molecule has 10 heteroatoms. The number of thiophene rings is 1. The summed E-state index contributed by atoms with van der Waals surface area (Å²) in [5.74, 6) is -4.24. The van der Waals surface area contributed by atoms with Crippen molar-refractivity contribution in [3.8, 4) is 6.07 Å². The standard InChI is InChI=1S/C35H31N3O6S/c1-22(28(24-15-13-23(20-36)14-16-24)8-6-12-32-37-29-9-3-4-10-30(29)44-32)38(33(39)18-26(35(42)43)19-34(40)41)21-27-17-25-7-2-5-11-31(25)45-27/h2-7,9-17,22,26,28H,8,18-19,21H2,1H3,(H,40,41)(H,42,43)/t22?,26-,28?/m1/s1. The minimum absolute atomic E-state index is 0.223. The number of allylic oxidation sites excluding steroid dienone is 1. The molecule has 0 bridgehead atoms. The fourth-order valence-corrected chi connectivity index (χ4v) is 6.50. The smallest absolute Gasteiger partial charge is 0.307 e. The fraction of sp³-hybridized carbons (Fsp3) is 0.229. The second kappa shape index (κ2) is 14.0. The number of carboxylic acids is 2. The van der Waals surface area contributed by atoms with Crippen molar-refractivity contribution in [1.82, 2.24) is 9.88 Å². The van der Waals surface area contributed by atoms with Crippen LogP contribution in [0.25, 0.3) is 27.3 Å². The van der Waals surface area contributed by atoms with Crippen molar-refractivity contribution < 1.29 is 29.0 Å². The van der Waals surface area contributed by atoms with E-state index in [1.165, 1.54) is 0 Å². The van der Waals surface area contributed by atoms with Crippen LogP contribution in [0.3, 0.4) is 0 Å². The van der Waals surface area contributed by atoms with Gasteiger partial charge in [-0.3, -0.25) is 14.4 Å². The lowest BCUT2D eigenvalue weighted by Gasteiger charge is -2.35. The summed E-state index contributed by atoms with van der Waals surface area (Å²) < 4.78 is 6.90. The van der Waals surface area contributed by atoms with E-state index >= 15 is 0 Å². The summed E-state index contributed by atoms with van der Waals surface area (Å²) in [4.78, 5) is 44.3. The quantitative estimate of drug-likeness (QED) is 0.142. The molecule has 5 aromatic rings. The number of carboxylic acid groups (broad SMARTS) is 2. The molecule has 2 N–H and O–H groups in total. The third-order valence-corrected chi connectivity index (χ3v) is 8.92. The first-order valence-electron chi connectivity index (χ1n) is 14.5. The molecule has 0 saturated carbocycles. The maximum atomic E-state index is 13.9. The Morgan fingerprint density at radius 2 is 1.76 bits per heavy atom. The predicted molar refractivity (Wildman–Crippen MR) is 171 cm³/mol. The van der Waals surface area contributed by atoms with E-state index in [2.05, 4.69) is 11.1 Å². The van der Waals surface area contributed by atoms with Gasteiger partial charge in [-0.05, 0) is 66.8 Å². The van der Waals surface area contributed by atoms with Crippen LogP contribution in [0.15, 0.2) is 89.4 Å². The van der Waals surface area contributed by atoms with Crippen molar-refractivity contribution in [2.24, 2.45) is 5.92 Å². The van der Waals surface area contributed by atoms with Crippen LogP contribution in [0, 0.1) is 17.2 Å². The SMILES string of the molecule is CC(C(CC=Cc1nc2ccccc2o1)c1ccc(C#N)cc1)N(Cc1cc2ccccc2s1)C(=O)C[C@H](CC(=O)O)C(=O)O. The second-order valence-electron chi connectivity index (χ2n) is 10.8. The van der Waals surface area contributed by atoms with Crippen LogP contribution < -0.4 is 0 Å². The molecule has 0 aliphatic heterocycles. The number of hydrogen-bond acceptors (Lipinski definition) is 7. The van der Waals surface area contributed by atoms with Crippen molar-refractivity contribution in [1.29, 1.82) is 5.26 Å². The largest absolute Gasteiger partial charge is 0.481 e. The third kappa shape index (κ3) is 7.63. The molecule has 2 heterocycles. The van der Waals surface area contributed by atoms with E-state index in [4.69, 9.17) is 4.42 Å². The molecule has 0 aliphatic rings. The molecular weight excluding hydrogens is 590 g/mol. The molecule has 0 spiro atoms. The van der Waals surface area contributed by atoms with Crippen molar-refractivity contribution in [3.63, 3.8) is 0 Å². The van der Waals surface area contributed by atoms with Gasteiger partial charge in [0.1, 0.15) is 5.52 Å². The lowest BCUT2D eigenvalue weighted by Crippen LogP contribution is -2.42. The molecule has 45 heavy (non-hydrogen) atoms. The molecule has 3 aromatic carbocycles. The van der Waals surface area contributed by atoms with Crippen molar-refractivity contribution in [2.75, 3.05) is 0 Å². The number of para-hydroxylation sites is 2. The number of carbonyl (C=O) groups is 3. The zero-order valence-electron chi connectivity index (χ0n) is 24.5. The Kier molecular flexibility index (Phi) is 9.70. The Bertz CT molecular complexity index is 1840. The van der Waals surface area contributed by atoms with Gasteiger partial charge in [-0.15, -0.1) is 11.3 Å². The van der Waals surface area contributed by atoms with Gasteiger partial charge in [0.05, 0.1) is 30.5 Å². The Hall–Kier alpha value is -5.27. The monoisotopic (exact) mass is 621 g/mol. The first-order chi connectivity index (χ1) is 21.7. The second-order valence-corrected chi connectivity index (χ2v) is 12.0. The number of nitriles is 1. The van der Waals surface area contributed by atoms with Crippen LogP contribution in [0.1, 0.15) is 54.0 Å². The third-order valence-electron chi connectivity index (χ3n) is 7.82. The lowest BCUT2D eigenvalue weighted by atomic mass is 9.87. The Labute approximate surface area is 263 Å². The van der Waals surface area contributed by atoms with Crippen molar-refractivity contribution in [2.45, 2.75) is 44.7 Å². The summed E-state index contributed by atoms with van der Waals surface area (Å²) in [6.45, 7) is 2.13. The molecule has 2 unspecified atom stereocenters. The summed E-state index contributed by atoms with van der Waals surface area (Å²) in [5.41, 5.74) is 2.80. The lowest BCUT2D eigenvalue weighted by molar-refractivity contribution is -0.151. The summed E-state index contributed by atoms with van der Waals surface area (Å²) >= 11 is 1.55. The van der Waals surface area contributed by atoms with Crippen LogP contribution in [0.4, 0.5) is 0 Å². The summed E-state index contributed by atoms with van der Waals surface area (Å²) in [7, 11) is 0. The summed E-state index contributed by atoms with van der Waals surface area (Å²) in [6.07, 6.45) is 3.08. The molecule has 0 saturated heterocycles. The van der Waals surface area contributed by atoms with Crippen LogP contribution in [0.2, 0.25) is 0 Å². The van der Waals surface area contributed by atoms with Gasteiger partial charge in [-0.2, -0.15) is 5.26 Å². The fourth-order valence-electron chi connectivity index (χ4n) is 5.44. The highest BCUT2D eigenvalue weighted by molar-refractivity contribution is 7.19. The number of aromatic nitrogens is 1. The van der Waals surface area contributed by atoms with E-state index in [-0.39, 0.29) is 12.5 Å². The molecule has 0 fully saturated rings. The zero-order chi connectivity index (χ0) is 31.9. The molecule has 1 amide bonds. The predicted octanol–water partition coefficient (Wildman–Crippen LogP) is 7.08. The van der Waals surface area contributed by atoms with Gasteiger partial charge in [0.25, 0.3) is 0 Å². The van der Waals surface area contributed by atoms with Crippen LogP contribution in [-0.2, 0) is 20.9 Å². The molecule has 3 atom stereocenters. The average molecular weight is 622 g/mol. The maximum absolute atomic E-state index is 13.9. The zero-order valence-corrected chi connectivity index (χ0v) is 25.3. The number of benzene rings is 3. The average Bonchev–Trinajstić information content (AvgIpc) is 3.64. The Balaban J connectivity index is 1.49. The van der Waals surface area contributed by atoms with Gasteiger partial charge < -0.3 is 19.5 Å². The van der Waals surface area contributed by atoms with Gasteiger partial charge in [0.15, 0.2) is 5.58 Å². The van der Waals surface area contributed by atoms with Gasteiger partial charge in [-0.25, -0.2) is 4.98 Å².